The molecule has 2 rings (SSSR count). The zero-order valence-electron chi connectivity index (χ0n) is 21.5. The van der Waals surface area contributed by atoms with Gasteiger partial charge in [-0.15, -0.1) is 0 Å². The molecule has 8 nitrogen and oxygen atoms in total. The van der Waals surface area contributed by atoms with Crippen LogP contribution in [0.3, 0.4) is 0 Å². The summed E-state index contributed by atoms with van der Waals surface area (Å²) in [6, 6.07) is 6.93. The highest BCUT2D eigenvalue weighted by molar-refractivity contribution is 5.96. The van der Waals surface area contributed by atoms with Crippen LogP contribution >= 0.6 is 0 Å². The summed E-state index contributed by atoms with van der Waals surface area (Å²) in [6.45, 7) is 9.55. The maximum atomic E-state index is 12.6. The van der Waals surface area contributed by atoms with E-state index in [1.807, 2.05) is 14.1 Å². The van der Waals surface area contributed by atoms with Gasteiger partial charge in [-0.2, -0.15) is 0 Å². The second kappa shape index (κ2) is 13.3. The molecule has 0 atom stereocenters. The predicted molar refractivity (Wildman–Crippen MR) is 134 cm³/mol. The number of hydrogen-bond acceptors (Lipinski definition) is 5. The molecule has 1 aliphatic heterocycles. The molecule has 0 spiro atoms. The van der Waals surface area contributed by atoms with Crippen LogP contribution in [-0.2, 0) is 9.59 Å². The van der Waals surface area contributed by atoms with Crippen molar-refractivity contribution in [3.63, 3.8) is 0 Å². The van der Waals surface area contributed by atoms with Crippen molar-refractivity contribution in [2.75, 3.05) is 53.4 Å². The van der Waals surface area contributed by atoms with Crippen molar-refractivity contribution in [2.45, 2.75) is 46.5 Å². The minimum absolute atomic E-state index is 0.00354. The van der Waals surface area contributed by atoms with E-state index in [2.05, 4.69) is 36.3 Å². The number of unbranched alkanes of at least 4 members (excludes halogenated alkanes) is 1. The molecule has 0 radical (unpaired) electrons. The van der Waals surface area contributed by atoms with E-state index in [4.69, 9.17) is 4.74 Å². The van der Waals surface area contributed by atoms with Crippen LogP contribution in [-0.4, -0.2) is 80.9 Å². The Morgan fingerprint density at radius 1 is 1.09 bits per heavy atom. The molecule has 1 heterocycles. The quantitative estimate of drug-likeness (QED) is 0.455. The Balaban J connectivity index is 1.71. The summed E-state index contributed by atoms with van der Waals surface area (Å²) in [5.41, 5.74) is 0.486. The van der Waals surface area contributed by atoms with Crippen molar-refractivity contribution in [1.29, 1.82) is 0 Å². The number of piperidine rings is 1. The molecule has 0 bridgehead atoms. The van der Waals surface area contributed by atoms with Gasteiger partial charge in [-0.3, -0.25) is 14.4 Å². The minimum Gasteiger partial charge on any atom is -0.494 e. The van der Waals surface area contributed by atoms with E-state index in [0.29, 0.717) is 44.6 Å². The molecular weight excluding hydrogens is 432 g/mol. The average Bonchev–Trinajstić information content (AvgIpc) is 2.80. The molecule has 0 saturated carbocycles. The first kappa shape index (κ1) is 27.6. The first-order chi connectivity index (χ1) is 16.1. The Kier molecular flexibility index (Phi) is 10.8. The van der Waals surface area contributed by atoms with Crippen LogP contribution in [0, 0.1) is 11.3 Å². The topological polar surface area (TPSA) is 91.0 Å². The molecule has 3 amide bonds. The summed E-state index contributed by atoms with van der Waals surface area (Å²) in [7, 11) is 4.05. The van der Waals surface area contributed by atoms with Gasteiger partial charge in [-0.25, -0.2) is 0 Å². The zero-order chi connectivity index (χ0) is 25.1. The maximum Gasteiger partial charge on any atom is 0.251 e. The lowest BCUT2D eigenvalue weighted by Gasteiger charge is -2.33. The fraction of sp³-hybridized carbons (Fsp3) is 0.654. The summed E-state index contributed by atoms with van der Waals surface area (Å²) in [6.07, 6.45) is 3.33. The van der Waals surface area contributed by atoms with Crippen molar-refractivity contribution >= 4 is 17.7 Å². The summed E-state index contributed by atoms with van der Waals surface area (Å²) in [4.78, 5) is 41.4. The monoisotopic (exact) mass is 474 g/mol. The zero-order valence-corrected chi connectivity index (χ0v) is 21.5. The van der Waals surface area contributed by atoms with Crippen LogP contribution in [0.4, 0.5) is 0 Å². The normalized spacial score (nSPS) is 14.7. The van der Waals surface area contributed by atoms with Crippen LogP contribution in [0.25, 0.3) is 0 Å². The second-order valence-corrected chi connectivity index (χ2v) is 10.2. The predicted octanol–water partition coefficient (Wildman–Crippen LogP) is 2.54. The van der Waals surface area contributed by atoms with Gasteiger partial charge in [-0.05, 0) is 63.0 Å². The van der Waals surface area contributed by atoms with Crippen LogP contribution in [0.1, 0.15) is 56.8 Å². The molecule has 190 valence electrons. The Morgan fingerprint density at radius 2 is 1.74 bits per heavy atom. The van der Waals surface area contributed by atoms with Gasteiger partial charge in [0.25, 0.3) is 5.91 Å². The third-order valence-electron chi connectivity index (χ3n) is 5.99. The highest BCUT2D eigenvalue weighted by Gasteiger charge is 2.28. The Bertz CT molecular complexity index is 800. The number of amides is 3. The van der Waals surface area contributed by atoms with Crippen LogP contribution in [0.15, 0.2) is 24.3 Å². The molecule has 0 unspecified atom stereocenters. The molecule has 1 fully saturated rings. The lowest BCUT2D eigenvalue weighted by Crippen LogP contribution is -2.47. The number of carbonyl (C=O) groups excluding carboxylic acids is 3. The molecule has 0 aromatic heterocycles. The Morgan fingerprint density at radius 3 is 2.32 bits per heavy atom. The van der Waals surface area contributed by atoms with Gasteiger partial charge in [0, 0.05) is 37.7 Å². The smallest absolute Gasteiger partial charge is 0.251 e. The van der Waals surface area contributed by atoms with Crippen molar-refractivity contribution in [2.24, 2.45) is 11.3 Å². The van der Waals surface area contributed by atoms with Crippen molar-refractivity contribution in [3.05, 3.63) is 29.8 Å². The van der Waals surface area contributed by atoms with Crippen molar-refractivity contribution in [1.82, 2.24) is 20.4 Å². The van der Waals surface area contributed by atoms with E-state index in [1.54, 1.807) is 29.2 Å². The summed E-state index contributed by atoms with van der Waals surface area (Å²) in [5, 5.41) is 5.78. The number of ether oxygens (including phenoxy) is 1. The molecule has 1 aromatic carbocycles. The third-order valence-corrected chi connectivity index (χ3v) is 5.99. The van der Waals surface area contributed by atoms with Gasteiger partial charge in [0.1, 0.15) is 5.75 Å². The van der Waals surface area contributed by atoms with Gasteiger partial charge < -0.3 is 25.2 Å². The molecule has 2 N–H and O–H groups in total. The van der Waals surface area contributed by atoms with Gasteiger partial charge in [-0.1, -0.05) is 27.2 Å². The lowest BCUT2D eigenvalue weighted by molar-refractivity contribution is -0.134. The lowest BCUT2D eigenvalue weighted by atomic mass is 9.91. The molecule has 0 aliphatic carbocycles. The van der Waals surface area contributed by atoms with Gasteiger partial charge in [0.15, 0.2) is 0 Å². The molecule has 1 aliphatic rings. The maximum absolute atomic E-state index is 12.6. The standard InChI is InChI=1S/C26H42N4O4/c1-6-7-16-34-22-10-8-20(9-11-22)24(32)27-17-23(31)30-14-12-21(13-15-30)25(33)28-18-26(2,3)19-29(4)5/h8-11,21H,6-7,12-19H2,1-5H3,(H,27,32)(H,28,33). The minimum atomic E-state index is -0.289. The fourth-order valence-corrected chi connectivity index (χ4v) is 4.18. The summed E-state index contributed by atoms with van der Waals surface area (Å²) < 4.78 is 5.61. The SMILES string of the molecule is CCCCOc1ccc(C(=O)NCC(=O)N2CCC(C(=O)NCC(C)(C)CN(C)C)CC2)cc1. The van der Waals surface area contributed by atoms with Crippen molar-refractivity contribution < 1.29 is 19.1 Å². The first-order valence-electron chi connectivity index (χ1n) is 12.3. The number of nitrogens with one attached hydrogen (secondary N) is 2. The molecular formula is C26H42N4O4. The van der Waals surface area contributed by atoms with E-state index < -0.39 is 0 Å². The molecule has 1 saturated heterocycles. The van der Waals surface area contributed by atoms with E-state index >= 15 is 0 Å². The Labute approximate surface area is 204 Å². The number of likely N-dealkylation sites (tertiary alicyclic amines) is 1. The van der Waals surface area contributed by atoms with Gasteiger partial charge in [0.2, 0.25) is 11.8 Å². The first-order valence-corrected chi connectivity index (χ1v) is 12.3. The third kappa shape index (κ3) is 9.33. The van der Waals surface area contributed by atoms with Crippen LogP contribution < -0.4 is 15.4 Å². The number of nitrogens with zero attached hydrogens (tertiary/aromatic N) is 2. The van der Waals surface area contributed by atoms with Crippen molar-refractivity contribution in [3.8, 4) is 5.75 Å². The second-order valence-electron chi connectivity index (χ2n) is 10.2. The van der Waals surface area contributed by atoms with Gasteiger partial charge in [0.05, 0.1) is 13.2 Å². The number of hydrogen-bond donors (Lipinski definition) is 2. The number of carbonyl (C=O) groups is 3. The van der Waals surface area contributed by atoms with Crippen LogP contribution in [0.5, 0.6) is 5.75 Å². The fourth-order valence-electron chi connectivity index (χ4n) is 4.18. The van der Waals surface area contributed by atoms with Crippen LogP contribution in [0.2, 0.25) is 0 Å². The number of benzene rings is 1. The average molecular weight is 475 g/mol. The van der Waals surface area contributed by atoms with E-state index in [-0.39, 0.29) is 35.6 Å². The number of rotatable bonds is 12. The molecule has 8 heteroatoms. The highest BCUT2D eigenvalue weighted by atomic mass is 16.5. The van der Waals surface area contributed by atoms with E-state index in [9.17, 15) is 14.4 Å². The largest absolute Gasteiger partial charge is 0.494 e. The highest BCUT2D eigenvalue weighted by Crippen LogP contribution is 2.19. The van der Waals surface area contributed by atoms with E-state index in [0.717, 1.165) is 25.1 Å². The summed E-state index contributed by atoms with van der Waals surface area (Å²) >= 11 is 0. The van der Waals surface area contributed by atoms with Gasteiger partial charge >= 0.3 is 0 Å². The summed E-state index contributed by atoms with van der Waals surface area (Å²) in [5.74, 6) is 0.303. The molecule has 34 heavy (non-hydrogen) atoms. The molecule has 1 aromatic rings. The van der Waals surface area contributed by atoms with E-state index in [1.165, 1.54) is 0 Å². The Hall–Kier alpha value is -2.61.